The number of carbonyl (C=O) groups is 1. The fourth-order valence-corrected chi connectivity index (χ4v) is 3.89. The van der Waals surface area contributed by atoms with Crippen LogP contribution in [0.4, 0.5) is 5.69 Å². The Morgan fingerprint density at radius 2 is 2.00 bits per heavy atom. The van der Waals surface area contributed by atoms with E-state index in [2.05, 4.69) is 5.32 Å². The van der Waals surface area contributed by atoms with Crippen LogP contribution in [0.25, 0.3) is 0 Å². The van der Waals surface area contributed by atoms with Gasteiger partial charge in [-0.1, -0.05) is 24.4 Å². The van der Waals surface area contributed by atoms with Crippen molar-refractivity contribution in [2.45, 2.75) is 38.6 Å². The highest BCUT2D eigenvalue weighted by Gasteiger charge is 2.24. The monoisotopic (exact) mass is 344 g/mol. The molecule has 0 radical (unpaired) electrons. The molecule has 122 valence electrons. The number of sulfonamides is 1. The molecule has 2 rings (SSSR count). The summed E-state index contributed by atoms with van der Waals surface area (Å²) in [6.07, 6.45) is 5.24. The Kier molecular flexibility index (Phi) is 5.34. The van der Waals surface area contributed by atoms with E-state index in [0.29, 0.717) is 16.3 Å². The molecule has 1 aromatic carbocycles. The fourth-order valence-electron chi connectivity index (χ4n) is 2.75. The first-order valence-electron chi connectivity index (χ1n) is 7.30. The van der Waals surface area contributed by atoms with Gasteiger partial charge in [0, 0.05) is 11.1 Å². The average molecular weight is 345 g/mol. The van der Waals surface area contributed by atoms with Gasteiger partial charge < -0.3 is 5.32 Å². The highest BCUT2D eigenvalue weighted by Crippen LogP contribution is 2.25. The molecular weight excluding hydrogens is 324 g/mol. The number of anilines is 1. The molecule has 0 bridgehead atoms. The van der Waals surface area contributed by atoms with Crippen LogP contribution in [0, 0.1) is 6.92 Å². The number of nitrogens with one attached hydrogen (secondary N) is 1. The van der Waals surface area contributed by atoms with Gasteiger partial charge in [-0.05, 0) is 43.5 Å². The van der Waals surface area contributed by atoms with E-state index in [-0.39, 0.29) is 18.5 Å². The Morgan fingerprint density at radius 3 is 2.55 bits per heavy atom. The second kappa shape index (κ2) is 6.87. The number of benzene rings is 1. The van der Waals surface area contributed by atoms with E-state index < -0.39 is 10.0 Å². The Bertz CT molecular complexity index is 655. The first-order valence-corrected chi connectivity index (χ1v) is 9.53. The van der Waals surface area contributed by atoms with Gasteiger partial charge in [-0.25, -0.2) is 8.42 Å². The summed E-state index contributed by atoms with van der Waals surface area (Å²) in [4.78, 5) is 12.2. The van der Waals surface area contributed by atoms with Crippen LogP contribution in [0.15, 0.2) is 18.2 Å². The molecule has 7 heteroatoms. The third-order valence-electron chi connectivity index (χ3n) is 3.84. The normalized spacial score (nSPS) is 15.8. The Morgan fingerprint density at radius 1 is 1.36 bits per heavy atom. The van der Waals surface area contributed by atoms with Crippen molar-refractivity contribution in [3.63, 3.8) is 0 Å². The maximum atomic E-state index is 12.2. The molecule has 0 saturated heterocycles. The van der Waals surface area contributed by atoms with E-state index >= 15 is 0 Å². The number of nitrogens with zero attached hydrogens (tertiary/aromatic N) is 1. The zero-order valence-electron chi connectivity index (χ0n) is 12.8. The first kappa shape index (κ1) is 17.1. The summed E-state index contributed by atoms with van der Waals surface area (Å²) < 4.78 is 25.2. The van der Waals surface area contributed by atoms with Crippen LogP contribution in [0.3, 0.4) is 0 Å². The minimum absolute atomic E-state index is 0.167. The van der Waals surface area contributed by atoms with Crippen LogP contribution in [-0.4, -0.2) is 33.2 Å². The molecule has 5 nitrogen and oxygen atoms in total. The summed E-state index contributed by atoms with van der Waals surface area (Å²) in [5.41, 5.74) is 1.19. The predicted octanol–water partition coefficient (Wildman–Crippen LogP) is 2.47. The smallest absolute Gasteiger partial charge is 0.240 e. The van der Waals surface area contributed by atoms with Gasteiger partial charge in [0.25, 0.3) is 0 Å². The molecule has 0 atom stereocenters. The highest BCUT2D eigenvalue weighted by molar-refractivity contribution is 7.92. The van der Waals surface area contributed by atoms with E-state index in [4.69, 9.17) is 11.6 Å². The van der Waals surface area contributed by atoms with Crippen molar-refractivity contribution in [3.05, 3.63) is 28.8 Å². The van der Waals surface area contributed by atoms with Crippen molar-refractivity contribution in [1.29, 1.82) is 0 Å². The molecule has 1 amide bonds. The maximum Gasteiger partial charge on any atom is 0.240 e. The molecule has 1 aromatic rings. The average Bonchev–Trinajstić information content (AvgIpc) is 2.88. The molecule has 1 saturated carbocycles. The number of amides is 1. The lowest BCUT2D eigenvalue weighted by Crippen LogP contribution is -2.43. The molecule has 1 N–H and O–H groups in total. The molecule has 0 aliphatic heterocycles. The van der Waals surface area contributed by atoms with E-state index in [1.54, 1.807) is 25.1 Å². The fraction of sp³-hybridized carbons (Fsp3) is 0.533. The third-order valence-corrected chi connectivity index (χ3v) is 5.20. The van der Waals surface area contributed by atoms with Crippen molar-refractivity contribution in [2.75, 3.05) is 17.1 Å². The number of carbonyl (C=O) groups excluding carboxylic acids is 1. The van der Waals surface area contributed by atoms with E-state index in [1.165, 1.54) is 0 Å². The zero-order valence-corrected chi connectivity index (χ0v) is 14.4. The van der Waals surface area contributed by atoms with Crippen LogP contribution < -0.4 is 9.62 Å². The van der Waals surface area contributed by atoms with Gasteiger partial charge in [0.15, 0.2) is 0 Å². The second-order valence-corrected chi connectivity index (χ2v) is 8.09. The quantitative estimate of drug-likeness (QED) is 0.892. The summed E-state index contributed by atoms with van der Waals surface area (Å²) in [6, 6.07) is 5.10. The number of aryl methyl sites for hydroxylation is 1. The van der Waals surface area contributed by atoms with Crippen LogP contribution in [0.1, 0.15) is 31.2 Å². The molecule has 1 aliphatic carbocycles. The largest absolute Gasteiger partial charge is 0.352 e. The molecule has 0 unspecified atom stereocenters. The summed E-state index contributed by atoms with van der Waals surface area (Å²) in [5.74, 6) is -0.272. The molecular formula is C15H21ClN2O3S. The summed E-state index contributed by atoms with van der Waals surface area (Å²) in [6.45, 7) is 1.56. The Labute approximate surface area is 136 Å². The molecule has 22 heavy (non-hydrogen) atoms. The number of hydrogen-bond acceptors (Lipinski definition) is 3. The SMILES string of the molecule is Cc1cc(Cl)ccc1N(CC(=O)NC1CCCC1)S(C)(=O)=O. The first-order chi connectivity index (χ1) is 10.3. The summed E-state index contributed by atoms with van der Waals surface area (Å²) in [5, 5.41) is 3.44. The van der Waals surface area contributed by atoms with Gasteiger partial charge in [-0.2, -0.15) is 0 Å². The lowest BCUT2D eigenvalue weighted by atomic mass is 10.2. The van der Waals surface area contributed by atoms with Gasteiger partial charge in [0.1, 0.15) is 6.54 Å². The van der Waals surface area contributed by atoms with Crippen molar-refractivity contribution in [3.8, 4) is 0 Å². The molecule has 1 fully saturated rings. The van der Waals surface area contributed by atoms with Crippen molar-refractivity contribution in [1.82, 2.24) is 5.32 Å². The summed E-state index contributed by atoms with van der Waals surface area (Å²) >= 11 is 5.91. The third kappa shape index (κ3) is 4.36. The minimum atomic E-state index is -3.55. The van der Waals surface area contributed by atoms with E-state index in [9.17, 15) is 13.2 Å². The van der Waals surface area contributed by atoms with Gasteiger partial charge >= 0.3 is 0 Å². The lowest BCUT2D eigenvalue weighted by Gasteiger charge is -2.24. The topological polar surface area (TPSA) is 66.5 Å². The molecule has 0 heterocycles. The minimum Gasteiger partial charge on any atom is -0.352 e. The van der Waals surface area contributed by atoms with Crippen LogP contribution >= 0.6 is 11.6 Å². The van der Waals surface area contributed by atoms with Crippen molar-refractivity contribution in [2.24, 2.45) is 0 Å². The predicted molar refractivity (Wildman–Crippen MR) is 88.8 cm³/mol. The van der Waals surface area contributed by atoms with Gasteiger partial charge in [0.05, 0.1) is 11.9 Å². The van der Waals surface area contributed by atoms with Gasteiger partial charge in [-0.3, -0.25) is 9.10 Å². The Balaban J connectivity index is 2.18. The zero-order chi connectivity index (χ0) is 16.3. The van der Waals surface area contributed by atoms with Gasteiger partial charge in [-0.15, -0.1) is 0 Å². The van der Waals surface area contributed by atoms with Crippen LogP contribution in [0.5, 0.6) is 0 Å². The highest BCUT2D eigenvalue weighted by atomic mass is 35.5. The maximum absolute atomic E-state index is 12.2. The molecule has 1 aliphatic rings. The Hall–Kier alpha value is -1.27. The van der Waals surface area contributed by atoms with E-state index in [1.807, 2.05) is 0 Å². The number of hydrogen-bond donors (Lipinski definition) is 1. The van der Waals surface area contributed by atoms with Crippen LogP contribution in [-0.2, 0) is 14.8 Å². The van der Waals surface area contributed by atoms with Gasteiger partial charge in [0.2, 0.25) is 15.9 Å². The number of rotatable bonds is 5. The van der Waals surface area contributed by atoms with E-state index in [0.717, 1.165) is 36.2 Å². The summed E-state index contributed by atoms with van der Waals surface area (Å²) in [7, 11) is -3.55. The number of halogens is 1. The molecule has 0 spiro atoms. The van der Waals surface area contributed by atoms with Crippen LogP contribution in [0.2, 0.25) is 5.02 Å². The van der Waals surface area contributed by atoms with Crippen molar-refractivity contribution >= 4 is 33.2 Å². The second-order valence-electron chi connectivity index (χ2n) is 5.75. The van der Waals surface area contributed by atoms with Crippen molar-refractivity contribution < 1.29 is 13.2 Å². The lowest BCUT2D eigenvalue weighted by molar-refractivity contribution is -0.120. The standard InChI is InChI=1S/C15H21ClN2O3S/c1-11-9-12(16)7-8-14(11)18(22(2,20)21)10-15(19)17-13-5-3-4-6-13/h7-9,13H,3-6,10H2,1-2H3,(H,17,19). The molecule has 0 aromatic heterocycles.